The normalized spacial score (nSPS) is 11.9. The van der Waals surface area contributed by atoms with Crippen LogP contribution in [0.3, 0.4) is 0 Å². The summed E-state index contributed by atoms with van der Waals surface area (Å²) in [5.41, 5.74) is 2.36. The molecule has 2 N–H and O–H groups in total. The van der Waals surface area contributed by atoms with Crippen molar-refractivity contribution in [1.29, 1.82) is 0 Å². The van der Waals surface area contributed by atoms with Gasteiger partial charge in [-0.1, -0.05) is 74.0 Å². The van der Waals surface area contributed by atoms with E-state index in [-0.39, 0.29) is 47.8 Å². The molecule has 3 rings (SSSR count). The van der Waals surface area contributed by atoms with Crippen LogP contribution < -0.4 is 10.0 Å². The van der Waals surface area contributed by atoms with E-state index >= 15 is 0 Å². The lowest BCUT2D eigenvalue weighted by Crippen LogP contribution is -2.40. The zero-order valence-electron chi connectivity index (χ0n) is 24.4. The molecule has 0 aliphatic rings. The minimum Gasteiger partial charge on any atom is -0.354 e. The second-order valence-corrected chi connectivity index (χ2v) is 12.3. The Morgan fingerprint density at radius 3 is 2.30 bits per heavy atom. The van der Waals surface area contributed by atoms with E-state index in [1.165, 1.54) is 12.1 Å². The molecular formula is C32H38FN3O5S2. The number of benzene rings is 3. The number of carbonyl (C=O) groups is 3. The van der Waals surface area contributed by atoms with Crippen LogP contribution in [0.15, 0.2) is 77.7 Å². The van der Waals surface area contributed by atoms with Crippen LogP contribution in [-0.2, 0) is 37.4 Å². The molecule has 0 heterocycles. The topological polar surface area (TPSA) is 113 Å². The summed E-state index contributed by atoms with van der Waals surface area (Å²) >= 11 is 4.29. The molecule has 11 heteroatoms. The number of halogens is 1. The van der Waals surface area contributed by atoms with Gasteiger partial charge in [0.2, 0.25) is 17.7 Å². The first-order chi connectivity index (χ1) is 20.6. The van der Waals surface area contributed by atoms with Gasteiger partial charge < -0.3 is 10.2 Å². The minimum atomic E-state index is -4.04. The Labute approximate surface area is 258 Å². The van der Waals surface area contributed by atoms with Crippen LogP contribution in [0.4, 0.5) is 4.39 Å². The van der Waals surface area contributed by atoms with Crippen molar-refractivity contribution in [3.05, 3.63) is 89.7 Å². The Morgan fingerprint density at radius 2 is 1.65 bits per heavy atom. The van der Waals surface area contributed by atoms with Crippen molar-refractivity contribution in [3.8, 4) is 11.1 Å². The van der Waals surface area contributed by atoms with E-state index in [2.05, 4.69) is 17.9 Å². The molecule has 0 unspecified atom stereocenters. The molecule has 0 bridgehead atoms. The largest absolute Gasteiger partial charge is 0.354 e. The summed E-state index contributed by atoms with van der Waals surface area (Å²) in [7, 11) is -4.04. The Morgan fingerprint density at radius 1 is 0.977 bits per heavy atom. The lowest BCUT2D eigenvalue weighted by Gasteiger charge is -2.24. The molecular weight excluding hydrogens is 590 g/mol. The van der Waals surface area contributed by atoms with E-state index in [0.717, 1.165) is 25.3 Å². The summed E-state index contributed by atoms with van der Waals surface area (Å²) in [5, 5.41) is 2.87. The summed E-state index contributed by atoms with van der Waals surface area (Å²) in [6, 6.07) is 19.9. The van der Waals surface area contributed by atoms with Gasteiger partial charge in [0.05, 0.1) is 10.8 Å². The van der Waals surface area contributed by atoms with Crippen LogP contribution >= 0.6 is 12.6 Å². The van der Waals surface area contributed by atoms with Crippen LogP contribution in [0.1, 0.15) is 44.2 Å². The first kappa shape index (κ1) is 33.8. The van der Waals surface area contributed by atoms with Gasteiger partial charge in [0.15, 0.2) is 0 Å². The van der Waals surface area contributed by atoms with E-state index in [9.17, 15) is 27.2 Å². The van der Waals surface area contributed by atoms with E-state index in [4.69, 9.17) is 0 Å². The molecule has 0 radical (unpaired) electrons. The Hall–Kier alpha value is -3.70. The lowest BCUT2D eigenvalue weighted by atomic mass is 9.99. The maximum atomic E-state index is 14.1. The van der Waals surface area contributed by atoms with Gasteiger partial charge in [0.25, 0.3) is 10.0 Å². The fourth-order valence-corrected chi connectivity index (χ4v) is 6.12. The van der Waals surface area contributed by atoms with E-state index in [1.807, 2.05) is 23.8 Å². The van der Waals surface area contributed by atoms with Gasteiger partial charge in [0.1, 0.15) is 5.82 Å². The molecule has 3 amide bonds. The zero-order valence-corrected chi connectivity index (χ0v) is 26.1. The maximum absolute atomic E-state index is 14.1. The smallest absolute Gasteiger partial charge is 0.264 e. The highest BCUT2D eigenvalue weighted by Gasteiger charge is 2.22. The molecule has 0 fully saturated rings. The van der Waals surface area contributed by atoms with E-state index < -0.39 is 21.8 Å². The van der Waals surface area contributed by atoms with Crippen molar-refractivity contribution in [2.75, 3.05) is 18.8 Å². The number of unbranched alkanes of at least 4 members (excludes halogenated alkanes) is 1. The molecule has 0 saturated carbocycles. The monoisotopic (exact) mass is 627 g/mol. The number of hydrogen-bond donors (Lipinski definition) is 3. The second kappa shape index (κ2) is 16.2. The second-order valence-electron chi connectivity index (χ2n) is 10.2. The van der Waals surface area contributed by atoms with Crippen molar-refractivity contribution < 1.29 is 27.2 Å². The zero-order chi connectivity index (χ0) is 31.4. The third-order valence-electron chi connectivity index (χ3n) is 6.89. The molecule has 0 spiro atoms. The van der Waals surface area contributed by atoms with Gasteiger partial charge in [-0.3, -0.25) is 14.4 Å². The highest BCUT2D eigenvalue weighted by molar-refractivity contribution is 7.90. The molecule has 0 aliphatic heterocycles. The quantitative estimate of drug-likeness (QED) is 0.211. The molecule has 0 saturated heterocycles. The number of nitrogens with one attached hydrogen (secondary N) is 2. The minimum absolute atomic E-state index is 0.0143. The number of carbonyl (C=O) groups excluding carboxylic acids is 3. The van der Waals surface area contributed by atoms with Gasteiger partial charge in [0, 0.05) is 44.3 Å². The highest BCUT2D eigenvalue weighted by atomic mass is 32.2. The molecule has 3 aromatic carbocycles. The molecule has 0 aliphatic carbocycles. The van der Waals surface area contributed by atoms with Crippen LogP contribution in [0.5, 0.6) is 0 Å². The molecule has 8 nitrogen and oxygen atoms in total. The van der Waals surface area contributed by atoms with Gasteiger partial charge in [-0.2, -0.15) is 12.6 Å². The fraction of sp³-hybridized carbons (Fsp3) is 0.344. The summed E-state index contributed by atoms with van der Waals surface area (Å²) in [5.74, 6) is -1.60. The third-order valence-corrected chi connectivity index (χ3v) is 8.82. The molecule has 43 heavy (non-hydrogen) atoms. The number of amides is 3. The van der Waals surface area contributed by atoms with Crippen LogP contribution in [0, 0.1) is 11.7 Å². The predicted octanol–water partition coefficient (Wildman–Crippen LogP) is 4.74. The fourth-order valence-electron chi connectivity index (χ4n) is 4.60. The van der Waals surface area contributed by atoms with Crippen LogP contribution in [0.2, 0.25) is 0 Å². The van der Waals surface area contributed by atoms with Gasteiger partial charge in [-0.05, 0) is 41.7 Å². The summed E-state index contributed by atoms with van der Waals surface area (Å²) in [6.07, 6.45) is 2.21. The van der Waals surface area contributed by atoms with Crippen molar-refractivity contribution in [2.45, 2.75) is 51.0 Å². The first-order valence-corrected chi connectivity index (χ1v) is 16.3. The number of thiol groups is 1. The maximum Gasteiger partial charge on any atom is 0.264 e. The van der Waals surface area contributed by atoms with Crippen LogP contribution in [-0.4, -0.2) is 49.9 Å². The third kappa shape index (κ3) is 9.93. The van der Waals surface area contributed by atoms with E-state index in [1.54, 1.807) is 53.4 Å². The SMILES string of the molecule is CCCCC(=O)N(CCNC(=O)[C@@H](CS)Cc1ccccc1F)Cc1ccc(-c2ccccc2S(=O)(=O)NC(C)=O)cc1. The standard InChI is InChI=1S/C32H38FN3O5S2/c1-3-4-13-31(38)36(19-18-34-32(39)27(22-42)20-26-9-5-7-11-29(26)33)21-24-14-16-25(17-15-24)28-10-6-8-12-30(28)43(40,41)35-23(2)37/h5-12,14-17,27,42H,3-4,13,18-22H2,1-2H3,(H,34,39)(H,35,37)/t27-/m1/s1. The summed E-state index contributed by atoms with van der Waals surface area (Å²) in [6.45, 7) is 3.96. The number of sulfonamides is 1. The molecule has 230 valence electrons. The Bertz CT molecular complexity index is 1510. The highest BCUT2D eigenvalue weighted by Crippen LogP contribution is 2.28. The average molecular weight is 628 g/mol. The molecule has 0 aromatic heterocycles. The van der Waals surface area contributed by atoms with E-state index in [0.29, 0.717) is 29.7 Å². The summed E-state index contributed by atoms with van der Waals surface area (Å²) in [4.78, 5) is 39.0. The van der Waals surface area contributed by atoms with Gasteiger partial charge >= 0.3 is 0 Å². The first-order valence-electron chi connectivity index (χ1n) is 14.2. The Balaban J connectivity index is 1.70. The number of hydrogen-bond acceptors (Lipinski definition) is 6. The number of nitrogens with zero attached hydrogens (tertiary/aromatic N) is 1. The number of rotatable bonds is 15. The Kier molecular flexibility index (Phi) is 12.8. The van der Waals surface area contributed by atoms with Crippen LogP contribution in [0.25, 0.3) is 11.1 Å². The molecule has 1 atom stereocenters. The van der Waals surface area contributed by atoms with Gasteiger partial charge in [-0.15, -0.1) is 0 Å². The van der Waals surface area contributed by atoms with Crippen molar-refractivity contribution >= 4 is 40.4 Å². The lowest BCUT2D eigenvalue weighted by molar-refractivity contribution is -0.132. The van der Waals surface area contributed by atoms with Gasteiger partial charge in [-0.25, -0.2) is 17.5 Å². The molecule has 3 aromatic rings. The van der Waals surface area contributed by atoms with Crippen molar-refractivity contribution in [1.82, 2.24) is 14.9 Å². The van der Waals surface area contributed by atoms with Crippen molar-refractivity contribution in [2.24, 2.45) is 5.92 Å². The summed E-state index contributed by atoms with van der Waals surface area (Å²) < 4.78 is 41.5. The average Bonchev–Trinajstić information content (AvgIpc) is 2.98. The van der Waals surface area contributed by atoms with Crippen molar-refractivity contribution in [3.63, 3.8) is 0 Å². The predicted molar refractivity (Wildman–Crippen MR) is 168 cm³/mol.